The van der Waals surface area contributed by atoms with Gasteiger partial charge in [-0.1, -0.05) is 39.8 Å². The highest BCUT2D eigenvalue weighted by atomic mass is 19.1. The Hall–Kier alpha value is -0.930. The van der Waals surface area contributed by atoms with Crippen molar-refractivity contribution in [2.24, 2.45) is 11.8 Å². The molecule has 3 heteroatoms. The molecule has 0 bridgehead atoms. The second-order valence-corrected chi connectivity index (χ2v) is 6.52. The predicted octanol–water partition coefficient (Wildman–Crippen LogP) is 4.05. The van der Waals surface area contributed by atoms with E-state index >= 15 is 0 Å². The third kappa shape index (κ3) is 8.84. The Morgan fingerprint density at radius 1 is 1.10 bits per heavy atom. The zero-order chi connectivity index (χ0) is 15.7. The minimum Gasteiger partial charge on any atom is -0.381 e. The number of nitrogens with one attached hydrogen (secondary N) is 1. The summed E-state index contributed by atoms with van der Waals surface area (Å²) < 4.78 is 18.7. The average molecular weight is 295 g/mol. The molecule has 0 aliphatic rings. The van der Waals surface area contributed by atoms with Gasteiger partial charge in [0.1, 0.15) is 5.82 Å². The number of hydrogen-bond donors (Lipinski definition) is 1. The maximum absolute atomic E-state index is 13.0. The Bertz CT molecular complexity index is 375. The van der Waals surface area contributed by atoms with Crippen LogP contribution in [0.4, 0.5) is 4.39 Å². The predicted molar refractivity (Wildman–Crippen MR) is 87.0 cm³/mol. The molecule has 0 saturated carbocycles. The highest BCUT2D eigenvalue weighted by molar-refractivity contribution is 5.16. The first kappa shape index (κ1) is 18.1. The molecular weight excluding hydrogens is 265 g/mol. The quantitative estimate of drug-likeness (QED) is 0.658. The van der Waals surface area contributed by atoms with Crippen molar-refractivity contribution >= 4 is 0 Å². The van der Waals surface area contributed by atoms with Crippen molar-refractivity contribution in [3.05, 3.63) is 35.6 Å². The smallest absolute Gasteiger partial charge is 0.123 e. The molecule has 1 unspecified atom stereocenters. The molecule has 1 atom stereocenters. The lowest BCUT2D eigenvalue weighted by Gasteiger charge is -2.20. The molecule has 0 aliphatic carbocycles. The molecule has 0 radical (unpaired) electrons. The molecule has 0 amide bonds. The molecule has 1 N–H and O–H groups in total. The van der Waals surface area contributed by atoms with Crippen molar-refractivity contribution in [3.8, 4) is 0 Å². The molecule has 1 aromatic carbocycles. The summed E-state index contributed by atoms with van der Waals surface area (Å²) in [4.78, 5) is 0. The fraction of sp³-hybridized carbons (Fsp3) is 0.667. The molecule has 1 aromatic rings. The van der Waals surface area contributed by atoms with Gasteiger partial charge in [0, 0.05) is 19.3 Å². The van der Waals surface area contributed by atoms with Gasteiger partial charge in [-0.2, -0.15) is 0 Å². The second kappa shape index (κ2) is 9.91. The van der Waals surface area contributed by atoms with Crippen LogP contribution < -0.4 is 5.32 Å². The molecular formula is C18H30FNO. The van der Waals surface area contributed by atoms with E-state index in [9.17, 15) is 4.39 Å². The van der Waals surface area contributed by atoms with E-state index in [0.717, 1.165) is 32.6 Å². The largest absolute Gasteiger partial charge is 0.381 e. The summed E-state index contributed by atoms with van der Waals surface area (Å²) in [6.07, 6.45) is 1.99. The Kier molecular flexibility index (Phi) is 8.55. The van der Waals surface area contributed by atoms with Crippen molar-refractivity contribution in [2.75, 3.05) is 19.8 Å². The van der Waals surface area contributed by atoms with Crippen LogP contribution in [0, 0.1) is 17.7 Å². The number of benzene rings is 1. The Balaban J connectivity index is 2.45. The molecule has 0 aromatic heterocycles. The summed E-state index contributed by atoms with van der Waals surface area (Å²) in [7, 11) is 0. The second-order valence-electron chi connectivity index (χ2n) is 6.52. The minimum atomic E-state index is -0.170. The Labute approximate surface area is 129 Å². The third-order valence-electron chi connectivity index (χ3n) is 3.37. The van der Waals surface area contributed by atoms with Gasteiger partial charge in [0.05, 0.1) is 0 Å². The molecule has 120 valence electrons. The van der Waals surface area contributed by atoms with Crippen molar-refractivity contribution in [1.82, 2.24) is 5.32 Å². The number of ether oxygens (including phenoxy) is 1. The summed E-state index contributed by atoms with van der Waals surface area (Å²) in [6, 6.07) is 7.33. The van der Waals surface area contributed by atoms with Crippen molar-refractivity contribution in [2.45, 2.75) is 46.6 Å². The molecule has 0 saturated heterocycles. The summed E-state index contributed by atoms with van der Waals surface area (Å²) >= 11 is 0. The maximum atomic E-state index is 13.0. The molecule has 0 spiro atoms. The summed E-state index contributed by atoms with van der Waals surface area (Å²) in [5, 5.41) is 3.50. The van der Waals surface area contributed by atoms with Gasteiger partial charge < -0.3 is 10.1 Å². The van der Waals surface area contributed by atoms with Crippen molar-refractivity contribution < 1.29 is 9.13 Å². The van der Waals surface area contributed by atoms with E-state index in [0.29, 0.717) is 17.9 Å². The van der Waals surface area contributed by atoms with Gasteiger partial charge in [0.25, 0.3) is 0 Å². The summed E-state index contributed by atoms with van der Waals surface area (Å²) in [6.45, 7) is 11.2. The lowest BCUT2D eigenvalue weighted by atomic mass is 9.96. The molecule has 21 heavy (non-hydrogen) atoms. The first-order valence-electron chi connectivity index (χ1n) is 8.03. The van der Waals surface area contributed by atoms with Gasteiger partial charge in [-0.25, -0.2) is 4.39 Å². The third-order valence-corrected chi connectivity index (χ3v) is 3.37. The molecule has 0 aliphatic heterocycles. The van der Waals surface area contributed by atoms with Crippen molar-refractivity contribution in [1.29, 1.82) is 0 Å². The van der Waals surface area contributed by atoms with Crippen LogP contribution in [0.5, 0.6) is 0 Å². The lowest BCUT2D eigenvalue weighted by Crippen LogP contribution is -2.30. The van der Waals surface area contributed by atoms with Crippen LogP contribution in [0.15, 0.2) is 24.3 Å². The SMILES string of the molecule is CC(C)COCCC(CNC(C)C)Cc1ccc(F)cc1. The van der Waals surface area contributed by atoms with E-state index in [1.165, 1.54) is 17.7 Å². The fourth-order valence-corrected chi connectivity index (χ4v) is 2.20. The molecule has 0 fully saturated rings. The zero-order valence-electron chi connectivity index (χ0n) is 13.9. The van der Waals surface area contributed by atoms with Crippen LogP contribution in [0.3, 0.4) is 0 Å². The van der Waals surface area contributed by atoms with Gasteiger partial charge in [-0.15, -0.1) is 0 Å². The van der Waals surface area contributed by atoms with Crippen LogP contribution in [-0.4, -0.2) is 25.8 Å². The Morgan fingerprint density at radius 2 is 1.76 bits per heavy atom. The number of rotatable bonds is 10. The van der Waals surface area contributed by atoms with Gasteiger partial charge in [-0.05, 0) is 48.9 Å². The molecule has 2 nitrogen and oxygen atoms in total. The average Bonchev–Trinajstić information content (AvgIpc) is 2.42. The molecule has 0 heterocycles. The zero-order valence-corrected chi connectivity index (χ0v) is 13.9. The molecule has 1 rings (SSSR count). The van der Waals surface area contributed by atoms with Crippen LogP contribution in [0.2, 0.25) is 0 Å². The summed E-state index contributed by atoms with van der Waals surface area (Å²) in [5.74, 6) is 0.926. The first-order valence-corrected chi connectivity index (χ1v) is 8.03. The highest BCUT2D eigenvalue weighted by Gasteiger charge is 2.11. The standard InChI is InChI=1S/C18H30FNO/c1-14(2)13-21-10-9-17(12-20-15(3)4)11-16-5-7-18(19)8-6-16/h5-8,14-15,17,20H,9-13H2,1-4H3. The lowest BCUT2D eigenvalue weighted by molar-refractivity contribution is 0.0973. The van der Waals surface area contributed by atoms with E-state index in [1.807, 2.05) is 12.1 Å². The highest BCUT2D eigenvalue weighted by Crippen LogP contribution is 2.13. The van der Waals surface area contributed by atoms with Crippen LogP contribution >= 0.6 is 0 Å². The van der Waals surface area contributed by atoms with Crippen LogP contribution in [-0.2, 0) is 11.2 Å². The van der Waals surface area contributed by atoms with Gasteiger partial charge in [-0.3, -0.25) is 0 Å². The van der Waals surface area contributed by atoms with Gasteiger partial charge >= 0.3 is 0 Å². The van der Waals surface area contributed by atoms with E-state index in [1.54, 1.807) is 0 Å². The Morgan fingerprint density at radius 3 is 2.33 bits per heavy atom. The monoisotopic (exact) mass is 295 g/mol. The van der Waals surface area contributed by atoms with Crippen LogP contribution in [0.1, 0.15) is 39.7 Å². The topological polar surface area (TPSA) is 21.3 Å². The number of hydrogen-bond acceptors (Lipinski definition) is 2. The normalized spacial score (nSPS) is 13.1. The first-order chi connectivity index (χ1) is 9.97. The maximum Gasteiger partial charge on any atom is 0.123 e. The van der Waals surface area contributed by atoms with Gasteiger partial charge in [0.2, 0.25) is 0 Å². The minimum absolute atomic E-state index is 0.170. The van der Waals surface area contributed by atoms with E-state index in [2.05, 4.69) is 33.0 Å². The fourth-order valence-electron chi connectivity index (χ4n) is 2.20. The summed E-state index contributed by atoms with van der Waals surface area (Å²) in [5.41, 5.74) is 1.19. The van der Waals surface area contributed by atoms with E-state index < -0.39 is 0 Å². The van der Waals surface area contributed by atoms with E-state index in [4.69, 9.17) is 4.74 Å². The van der Waals surface area contributed by atoms with Gasteiger partial charge in [0.15, 0.2) is 0 Å². The number of halogens is 1. The van der Waals surface area contributed by atoms with E-state index in [-0.39, 0.29) is 5.82 Å². The van der Waals surface area contributed by atoms with Crippen LogP contribution in [0.25, 0.3) is 0 Å². The van der Waals surface area contributed by atoms with Crippen molar-refractivity contribution in [3.63, 3.8) is 0 Å².